The Labute approximate surface area is 129 Å². The van der Waals surface area contributed by atoms with Gasteiger partial charge in [0, 0.05) is 29.6 Å². The van der Waals surface area contributed by atoms with Gasteiger partial charge in [-0.3, -0.25) is 4.79 Å². The third-order valence-electron chi connectivity index (χ3n) is 3.41. The van der Waals surface area contributed by atoms with Crippen LogP contribution in [-0.2, 0) is 11.3 Å². The van der Waals surface area contributed by atoms with Gasteiger partial charge >= 0.3 is 5.97 Å². The molecule has 1 amide bonds. The number of benzene rings is 1. The van der Waals surface area contributed by atoms with Crippen molar-refractivity contribution in [1.29, 1.82) is 0 Å². The zero-order valence-corrected chi connectivity index (χ0v) is 13.4. The van der Waals surface area contributed by atoms with Crippen LogP contribution in [0.1, 0.15) is 44.6 Å². The Balaban J connectivity index is 2.31. The first-order chi connectivity index (χ1) is 10.2. The van der Waals surface area contributed by atoms with E-state index in [4.69, 9.17) is 0 Å². The summed E-state index contributed by atoms with van der Waals surface area (Å²) < 4.78 is 1.75. The van der Waals surface area contributed by atoms with E-state index >= 15 is 0 Å². The lowest BCUT2D eigenvalue weighted by Gasteiger charge is -2.17. The summed E-state index contributed by atoms with van der Waals surface area (Å²) in [6.45, 7) is 8.52. The summed E-state index contributed by atoms with van der Waals surface area (Å²) in [7, 11) is 0. The molecule has 2 rings (SSSR count). The summed E-state index contributed by atoms with van der Waals surface area (Å²) in [6.07, 6.45) is 0.432. The molecule has 0 saturated heterocycles. The van der Waals surface area contributed by atoms with Crippen molar-refractivity contribution in [2.45, 2.75) is 40.7 Å². The molecule has 1 heterocycles. The minimum atomic E-state index is -0.948. The van der Waals surface area contributed by atoms with E-state index in [9.17, 15) is 14.7 Å². The Morgan fingerprint density at radius 3 is 2.45 bits per heavy atom. The Hall–Kier alpha value is -2.30. The third kappa shape index (κ3) is 3.47. The zero-order chi connectivity index (χ0) is 16.5. The topological polar surface area (TPSA) is 71.3 Å². The first kappa shape index (κ1) is 16.1. The van der Waals surface area contributed by atoms with Crippen molar-refractivity contribution in [3.63, 3.8) is 0 Å². The molecule has 5 heteroatoms. The fourth-order valence-electron chi connectivity index (χ4n) is 2.55. The van der Waals surface area contributed by atoms with Gasteiger partial charge in [0.2, 0.25) is 5.91 Å². The van der Waals surface area contributed by atoms with Crippen LogP contribution in [0.25, 0.3) is 10.9 Å². The summed E-state index contributed by atoms with van der Waals surface area (Å²) in [5.41, 5.74) is 1.73. The van der Waals surface area contributed by atoms with E-state index in [1.54, 1.807) is 16.7 Å². The number of carbonyl (C=O) groups excluding carboxylic acids is 1. The number of carbonyl (C=O) groups is 2. The number of aryl methyl sites for hydroxylation is 1. The molecule has 2 N–H and O–H groups in total. The maximum atomic E-state index is 12.0. The fourth-order valence-corrected chi connectivity index (χ4v) is 2.55. The van der Waals surface area contributed by atoms with Crippen molar-refractivity contribution < 1.29 is 14.7 Å². The molecule has 118 valence electrons. The summed E-state index contributed by atoms with van der Waals surface area (Å²) in [4.78, 5) is 23.3. The Morgan fingerprint density at radius 2 is 1.91 bits per heavy atom. The number of hydrogen-bond donors (Lipinski definition) is 2. The van der Waals surface area contributed by atoms with E-state index in [0.29, 0.717) is 18.7 Å². The monoisotopic (exact) mass is 302 g/mol. The molecule has 1 aromatic heterocycles. The van der Waals surface area contributed by atoms with Crippen LogP contribution in [0.3, 0.4) is 0 Å². The van der Waals surface area contributed by atoms with Gasteiger partial charge in [-0.1, -0.05) is 20.8 Å². The van der Waals surface area contributed by atoms with E-state index in [1.165, 1.54) is 0 Å². The molecule has 0 spiro atoms. The van der Waals surface area contributed by atoms with Gasteiger partial charge in [0.25, 0.3) is 0 Å². The largest absolute Gasteiger partial charge is 0.477 e. The zero-order valence-electron chi connectivity index (χ0n) is 13.4. The minimum absolute atomic E-state index is 0.0415. The number of aromatic carboxylic acids is 1. The molecule has 2 aromatic rings. The summed E-state index contributed by atoms with van der Waals surface area (Å²) in [5, 5.41) is 12.9. The van der Waals surface area contributed by atoms with Crippen LogP contribution in [0.4, 0.5) is 5.69 Å². The molecular weight excluding hydrogens is 280 g/mol. The van der Waals surface area contributed by atoms with Gasteiger partial charge in [0.05, 0.1) is 0 Å². The van der Waals surface area contributed by atoms with Gasteiger partial charge in [-0.05, 0) is 36.6 Å². The van der Waals surface area contributed by atoms with Crippen molar-refractivity contribution in [2.75, 3.05) is 5.32 Å². The van der Waals surface area contributed by atoms with Gasteiger partial charge < -0.3 is 15.0 Å². The molecule has 0 saturated carbocycles. The molecule has 0 aliphatic rings. The second-order valence-electron chi connectivity index (χ2n) is 6.64. The van der Waals surface area contributed by atoms with Crippen LogP contribution >= 0.6 is 0 Å². The first-order valence-electron chi connectivity index (χ1n) is 7.37. The lowest BCUT2D eigenvalue weighted by Crippen LogP contribution is -2.19. The molecule has 5 nitrogen and oxygen atoms in total. The SMILES string of the molecule is CCn1c(C(=O)O)cc2cc(NC(=O)CC(C)(C)C)ccc21. The minimum Gasteiger partial charge on any atom is -0.477 e. The molecule has 0 unspecified atom stereocenters. The molecule has 0 aliphatic heterocycles. The number of amides is 1. The quantitative estimate of drug-likeness (QED) is 0.904. The van der Waals surface area contributed by atoms with Gasteiger partial charge in [-0.15, -0.1) is 0 Å². The van der Waals surface area contributed by atoms with Crippen LogP contribution in [0, 0.1) is 5.41 Å². The van der Waals surface area contributed by atoms with Crippen LogP contribution < -0.4 is 5.32 Å². The standard InChI is InChI=1S/C17H22N2O3/c1-5-19-13-7-6-12(18-15(20)10-17(2,3)4)8-11(13)9-14(19)16(21)22/h6-9H,5,10H2,1-4H3,(H,18,20)(H,21,22). The van der Waals surface area contributed by atoms with Crippen molar-refractivity contribution in [2.24, 2.45) is 5.41 Å². The molecule has 0 fully saturated rings. The number of carboxylic acid groups (broad SMARTS) is 1. The van der Waals surface area contributed by atoms with E-state index in [0.717, 1.165) is 10.9 Å². The van der Waals surface area contributed by atoms with Crippen molar-refractivity contribution in [1.82, 2.24) is 4.57 Å². The number of hydrogen-bond acceptors (Lipinski definition) is 2. The molecule has 0 aliphatic carbocycles. The van der Waals surface area contributed by atoms with Crippen LogP contribution in [-0.4, -0.2) is 21.6 Å². The predicted molar refractivity (Wildman–Crippen MR) is 87.3 cm³/mol. The third-order valence-corrected chi connectivity index (χ3v) is 3.41. The Kier molecular flexibility index (Phi) is 4.26. The number of nitrogens with zero attached hydrogens (tertiary/aromatic N) is 1. The number of aromatic nitrogens is 1. The van der Waals surface area contributed by atoms with E-state index in [-0.39, 0.29) is 17.0 Å². The fraction of sp³-hybridized carbons (Fsp3) is 0.412. The molecule has 0 bridgehead atoms. The van der Waals surface area contributed by atoms with E-state index in [2.05, 4.69) is 5.32 Å². The molecule has 0 atom stereocenters. The smallest absolute Gasteiger partial charge is 0.352 e. The summed E-state index contributed by atoms with van der Waals surface area (Å²) in [5.74, 6) is -0.989. The number of nitrogens with one attached hydrogen (secondary N) is 1. The highest BCUT2D eigenvalue weighted by Crippen LogP contribution is 2.25. The van der Waals surface area contributed by atoms with Gasteiger partial charge in [-0.25, -0.2) is 4.79 Å². The summed E-state index contributed by atoms with van der Waals surface area (Å²) in [6, 6.07) is 7.10. The van der Waals surface area contributed by atoms with Gasteiger partial charge in [-0.2, -0.15) is 0 Å². The Bertz CT molecular complexity index is 723. The number of rotatable bonds is 4. The highest BCUT2D eigenvalue weighted by molar-refractivity contribution is 5.98. The van der Waals surface area contributed by atoms with E-state index in [1.807, 2.05) is 39.8 Å². The summed E-state index contributed by atoms with van der Waals surface area (Å²) >= 11 is 0. The second kappa shape index (κ2) is 5.83. The molecule has 0 radical (unpaired) electrons. The van der Waals surface area contributed by atoms with Crippen molar-refractivity contribution in [3.8, 4) is 0 Å². The maximum absolute atomic E-state index is 12.0. The van der Waals surface area contributed by atoms with Crippen LogP contribution in [0.2, 0.25) is 0 Å². The van der Waals surface area contributed by atoms with Crippen LogP contribution in [0.5, 0.6) is 0 Å². The number of fused-ring (bicyclic) bond motifs is 1. The lowest BCUT2D eigenvalue weighted by atomic mass is 9.92. The maximum Gasteiger partial charge on any atom is 0.352 e. The normalized spacial score (nSPS) is 11.6. The lowest BCUT2D eigenvalue weighted by molar-refractivity contribution is -0.117. The van der Waals surface area contributed by atoms with Crippen molar-refractivity contribution >= 4 is 28.5 Å². The second-order valence-corrected chi connectivity index (χ2v) is 6.64. The van der Waals surface area contributed by atoms with Gasteiger partial charge in [0.1, 0.15) is 5.69 Å². The average molecular weight is 302 g/mol. The number of carboxylic acids is 1. The van der Waals surface area contributed by atoms with Crippen LogP contribution in [0.15, 0.2) is 24.3 Å². The predicted octanol–water partition coefficient (Wildman–Crippen LogP) is 3.73. The molecule has 22 heavy (non-hydrogen) atoms. The highest BCUT2D eigenvalue weighted by Gasteiger charge is 2.17. The molecular formula is C17H22N2O3. The highest BCUT2D eigenvalue weighted by atomic mass is 16.4. The van der Waals surface area contributed by atoms with Gasteiger partial charge in [0.15, 0.2) is 0 Å². The average Bonchev–Trinajstić information content (AvgIpc) is 2.74. The van der Waals surface area contributed by atoms with E-state index < -0.39 is 5.97 Å². The number of anilines is 1. The Morgan fingerprint density at radius 1 is 1.23 bits per heavy atom. The van der Waals surface area contributed by atoms with Crippen molar-refractivity contribution in [3.05, 3.63) is 30.0 Å². The first-order valence-corrected chi connectivity index (χ1v) is 7.37. The molecule has 1 aromatic carbocycles.